The van der Waals surface area contributed by atoms with Gasteiger partial charge in [-0.05, 0) is 55.7 Å². The first-order valence-electron chi connectivity index (χ1n) is 9.32. The summed E-state index contributed by atoms with van der Waals surface area (Å²) in [6, 6.07) is 12.4. The molecule has 0 bridgehead atoms. The Bertz CT molecular complexity index is 950. The normalized spacial score (nSPS) is 15.5. The fraction of sp³-hybridized carbons (Fsp3) is 0.381. The average Bonchev–Trinajstić information content (AvgIpc) is 2.70. The van der Waals surface area contributed by atoms with Crippen LogP contribution in [0.5, 0.6) is 5.75 Å². The van der Waals surface area contributed by atoms with Gasteiger partial charge in [-0.15, -0.1) is 0 Å². The molecule has 1 aliphatic heterocycles. The quantitative estimate of drug-likeness (QED) is 0.771. The van der Waals surface area contributed by atoms with E-state index in [0.29, 0.717) is 13.1 Å². The molecule has 1 saturated heterocycles. The van der Waals surface area contributed by atoms with Crippen molar-refractivity contribution < 1.29 is 17.9 Å². The number of piperazine rings is 1. The number of carbonyl (C=O) groups excluding carboxylic acids is 1. The molecule has 0 aromatic heterocycles. The van der Waals surface area contributed by atoms with Crippen molar-refractivity contribution in [2.45, 2.75) is 25.7 Å². The number of sulfonamides is 1. The third-order valence-electron chi connectivity index (χ3n) is 5.09. The van der Waals surface area contributed by atoms with E-state index in [0.717, 1.165) is 22.4 Å². The fourth-order valence-electron chi connectivity index (χ4n) is 3.30. The van der Waals surface area contributed by atoms with Gasteiger partial charge in [0.2, 0.25) is 10.0 Å². The number of nitrogens with zero attached hydrogens (tertiary/aromatic N) is 2. The van der Waals surface area contributed by atoms with Gasteiger partial charge in [0.25, 0.3) is 5.91 Å². The number of carbonyl (C=O) groups is 1. The minimum Gasteiger partial charge on any atom is -0.483 e. The summed E-state index contributed by atoms with van der Waals surface area (Å²) in [5, 5.41) is 0. The molecule has 3 rings (SSSR count). The van der Waals surface area contributed by atoms with Gasteiger partial charge in [0.05, 0.1) is 4.90 Å². The van der Waals surface area contributed by atoms with E-state index in [1.165, 1.54) is 4.31 Å². The van der Waals surface area contributed by atoms with Gasteiger partial charge < -0.3 is 9.64 Å². The van der Waals surface area contributed by atoms with Gasteiger partial charge in [-0.25, -0.2) is 8.42 Å². The Labute approximate surface area is 166 Å². The molecule has 2 aromatic rings. The molecule has 0 N–H and O–H groups in total. The van der Waals surface area contributed by atoms with Crippen LogP contribution >= 0.6 is 0 Å². The highest BCUT2D eigenvalue weighted by Gasteiger charge is 2.30. The van der Waals surface area contributed by atoms with E-state index >= 15 is 0 Å². The van der Waals surface area contributed by atoms with E-state index in [-0.39, 0.29) is 30.5 Å². The lowest BCUT2D eigenvalue weighted by atomic mass is 10.1. The van der Waals surface area contributed by atoms with E-state index in [2.05, 4.69) is 6.07 Å². The first-order valence-corrected chi connectivity index (χ1v) is 10.8. The smallest absolute Gasteiger partial charge is 0.260 e. The van der Waals surface area contributed by atoms with Gasteiger partial charge in [0.15, 0.2) is 6.61 Å². The van der Waals surface area contributed by atoms with E-state index in [9.17, 15) is 13.2 Å². The Morgan fingerprint density at radius 2 is 1.64 bits per heavy atom. The number of ether oxygens (including phenoxy) is 1. The van der Waals surface area contributed by atoms with E-state index < -0.39 is 10.0 Å². The maximum absolute atomic E-state index is 12.7. The van der Waals surface area contributed by atoms with Gasteiger partial charge in [0.1, 0.15) is 5.75 Å². The highest BCUT2D eigenvalue weighted by molar-refractivity contribution is 7.89. The lowest BCUT2D eigenvalue weighted by Crippen LogP contribution is -2.51. The predicted molar refractivity (Wildman–Crippen MR) is 108 cm³/mol. The Kier molecular flexibility index (Phi) is 6.05. The largest absolute Gasteiger partial charge is 0.483 e. The number of benzene rings is 2. The molecule has 2 aromatic carbocycles. The summed E-state index contributed by atoms with van der Waals surface area (Å²) in [6.07, 6.45) is 0. The van der Waals surface area contributed by atoms with Crippen molar-refractivity contribution in [2.75, 3.05) is 32.8 Å². The second-order valence-electron chi connectivity index (χ2n) is 7.09. The summed E-state index contributed by atoms with van der Waals surface area (Å²) in [7, 11) is -3.52. The third kappa shape index (κ3) is 4.36. The summed E-state index contributed by atoms with van der Waals surface area (Å²) in [5.41, 5.74) is 3.24. The minimum absolute atomic E-state index is 0.0465. The predicted octanol–water partition coefficient (Wildman–Crippen LogP) is 2.52. The molecule has 0 spiro atoms. The van der Waals surface area contributed by atoms with Gasteiger partial charge >= 0.3 is 0 Å². The molecule has 0 aliphatic carbocycles. The highest BCUT2D eigenvalue weighted by atomic mass is 32.2. The van der Waals surface area contributed by atoms with Crippen LogP contribution in [0.25, 0.3) is 0 Å². The van der Waals surface area contributed by atoms with Gasteiger partial charge in [-0.1, -0.05) is 24.3 Å². The van der Waals surface area contributed by atoms with Crippen LogP contribution in [0.4, 0.5) is 0 Å². The maximum Gasteiger partial charge on any atom is 0.260 e. The molecular weight excluding hydrogens is 376 g/mol. The van der Waals surface area contributed by atoms with Crippen LogP contribution in [0, 0.1) is 20.8 Å². The molecule has 0 unspecified atom stereocenters. The molecule has 7 heteroatoms. The first kappa shape index (κ1) is 20.4. The second kappa shape index (κ2) is 8.32. The second-order valence-corrected chi connectivity index (χ2v) is 9.03. The molecule has 1 amide bonds. The summed E-state index contributed by atoms with van der Waals surface area (Å²) in [5.74, 6) is 0.589. The number of hydrogen-bond donors (Lipinski definition) is 0. The van der Waals surface area contributed by atoms with Crippen LogP contribution < -0.4 is 4.74 Å². The summed E-state index contributed by atoms with van der Waals surface area (Å²) < 4.78 is 32.5. The SMILES string of the molecule is Cc1cc(C)c(C)c(OCC(=O)N2CCN(S(=O)(=O)c3ccccc3)CC2)c1. The van der Waals surface area contributed by atoms with Crippen LogP contribution in [0.1, 0.15) is 16.7 Å². The van der Waals surface area contributed by atoms with Crippen molar-refractivity contribution in [1.29, 1.82) is 0 Å². The minimum atomic E-state index is -3.52. The van der Waals surface area contributed by atoms with Gasteiger partial charge in [-0.2, -0.15) is 4.31 Å². The maximum atomic E-state index is 12.7. The zero-order chi connectivity index (χ0) is 20.3. The fourth-order valence-corrected chi connectivity index (χ4v) is 4.74. The Hall–Kier alpha value is -2.38. The monoisotopic (exact) mass is 402 g/mol. The van der Waals surface area contributed by atoms with E-state index in [1.807, 2.05) is 26.8 Å². The van der Waals surface area contributed by atoms with Gasteiger partial charge in [-0.3, -0.25) is 4.79 Å². The summed E-state index contributed by atoms with van der Waals surface area (Å²) in [4.78, 5) is 14.5. The van der Waals surface area contributed by atoms with Crippen molar-refractivity contribution in [1.82, 2.24) is 9.21 Å². The van der Waals surface area contributed by atoms with Crippen molar-refractivity contribution in [3.63, 3.8) is 0 Å². The number of rotatable bonds is 5. The van der Waals surface area contributed by atoms with Crippen molar-refractivity contribution in [2.24, 2.45) is 0 Å². The van der Waals surface area contributed by atoms with Crippen LogP contribution in [0.3, 0.4) is 0 Å². The molecule has 1 fully saturated rings. The number of aryl methyl sites for hydroxylation is 2. The number of amides is 1. The molecule has 6 nitrogen and oxygen atoms in total. The standard InChI is InChI=1S/C21H26N2O4S/c1-16-13-17(2)18(3)20(14-16)27-15-21(24)22-9-11-23(12-10-22)28(25,26)19-7-5-4-6-8-19/h4-8,13-14H,9-12,15H2,1-3H3. The van der Waals surface area contributed by atoms with Crippen molar-refractivity contribution in [3.8, 4) is 5.75 Å². The highest BCUT2D eigenvalue weighted by Crippen LogP contribution is 2.23. The van der Waals surface area contributed by atoms with Gasteiger partial charge in [0, 0.05) is 26.2 Å². The number of hydrogen-bond acceptors (Lipinski definition) is 4. The Morgan fingerprint density at radius 1 is 1.00 bits per heavy atom. The molecular formula is C21H26N2O4S. The molecule has 1 heterocycles. The van der Waals surface area contributed by atoms with Crippen molar-refractivity contribution in [3.05, 3.63) is 59.2 Å². The first-order chi connectivity index (χ1) is 13.3. The molecule has 1 aliphatic rings. The van der Waals surface area contributed by atoms with Crippen LogP contribution in [-0.4, -0.2) is 56.3 Å². The van der Waals surface area contributed by atoms with Crippen LogP contribution in [-0.2, 0) is 14.8 Å². The lowest BCUT2D eigenvalue weighted by molar-refractivity contribution is -0.134. The lowest BCUT2D eigenvalue weighted by Gasteiger charge is -2.34. The Balaban J connectivity index is 1.57. The zero-order valence-electron chi connectivity index (χ0n) is 16.5. The van der Waals surface area contributed by atoms with Crippen LogP contribution in [0.2, 0.25) is 0 Å². The molecule has 28 heavy (non-hydrogen) atoms. The van der Waals surface area contributed by atoms with E-state index in [4.69, 9.17) is 4.74 Å². The third-order valence-corrected chi connectivity index (χ3v) is 7.00. The molecule has 0 radical (unpaired) electrons. The summed E-state index contributed by atoms with van der Waals surface area (Å²) >= 11 is 0. The average molecular weight is 403 g/mol. The van der Waals surface area contributed by atoms with Crippen molar-refractivity contribution >= 4 is 15.9 Å². The summed E-state index contributed by atoms with van der Waals surface area (Å²) in [6.45, 7) is 7.23. The molecule has 0 atom stereocenters. The Morgan fingerprint density at radius 3 is 2.29 bits per heavy atom. The zero-order valence-corrected chi connectivity index (χ0v) is 17.3. The van der Waals surface area contributed by atoms with E-state index in [1.54, 1.807) is 35.2 Å². The topological polar surface area (TPSA) is 66.9 Å². The molecule has 150 valence electrons. The molecule has 0 saturated carbocycles. The van der Waals surface area contributed by atoms with Crippen LogP contribution in [0.15, 0.2) is 47.4 Å².